The van der Waals surface area contributed by atoms with Crippen molar-refractivity contribution < 1.29 is 14.7 Å². The molecule has 4 heteroatoms. The van der Waals surface area contributed by atoms with Gasteiger partial charge in [0.05, 0.1) is 0 Å². The van der Waals surface area contributed by atoms with E-state index in [-0.39, 0.29) is 18.2 Å². The minimum absolute atomic E-state index is 0.0821. The summed E-state index contributed by atoms with van der Waals surface area (Å²) < 4.78 is 0. The normalized spacial score (nSPS) is 16.9. The number of carbonyl (C=O) groups excluding carboxylic acids is 1. The molecule has 1 aliphatic heterocycles. The number of hydrogen-bond acceptors (Lipinski definition) is 2. The number of carbonyl (C=O) groups is 2. The zero-order valence-corrected chi connectivity index (χ0v) is 15.6. The lowest BCUT2D eigenvalue weighted by molar-refractivity contribution is -0.137. The molecule has 1 saturated heterocycles. The fourth-order valence-corrected chi connectivity index (χ4v) is 3.85. The summed E-state index contributed by atoms with van der Waals surface area (Å²) in [5.74, 6) is -0.390. The molecule has 1 aliphatic rings. The van der Waals surface area contributed by atoms with Gasteiger partial charge in [-0.05, 0) is 55.2 Å². The maximum absolute atomic E-state index is 13.1. The zero-order valence-electron chi connectivity index (χ0n) is 15.6. The molecule has 1 fully saturated rings. The van der Waals surface area contributed by atoms with Gasteiger partial charge < -0.3 is 10.0 Å². The van der Waals surface area contributed by atoms with Gasteiger partial charge in [0.2, 0.25) is 0 Å². The van der Waals surface area contributed by atoms with Crippen LogP contribution in [0.4, 0.5) is 0 Å². The van der Waals surface area contributed by atoms with E-state index in [0.717, 1.165) is 43.4 Å². The molecule has 0 radical (unpaired) electrons. The van der Waals surface area contributed by atoms with Gasteiger partial charge in [0.15, 0.2) is 0 Å². The summed E-state index contributed by atoms with van der Waals surface area (Å²) in [7, 11) is 0. The van der Waals surface area contributed by atoms with E-state index >= 15 is 0 Å². The van der Waals surface area contributed by atoms with Crippen molar-refractivity contribution in [3.05, 3.63) is 71.3 Å². The molecule has 0 spiro atoms. The number of aliphatic carboxylic acids is 1. The van der Waals surface area contributed by atoms with Gasteiger partial charge in [-0.15, -0.1) is 0 Å². The molecule has 2 aromatic rings. The van der Waals surface area contributed by atoms with Gasteiger partial charge in [0.25, 0.3) is 5.91 Å². The third-order valence-corrected chi connectivity index (χ3v) is 5.35. The predicted octanol–water partition coefficient (Wildman–Crippen LogP) is 4.19. The molecule has 1 atom stereocenters. The molecule has 0 bridgehead atoms. The van der Waals surface area contributed by atoms with Crippen LogP contribution in [0, 0.1) is 5.92 Å². The third kappa shape index (κ3) is 5.43. The molecule has 142 valence electrons. The molecule has 27 heavy (non-hydrogen) atoms. The standard InChI is InChI=1S/C23H27NO3/c25-22(26)15-13-19-9-6-16-24(17-19)23(27)21-11-5-4-10-20(21)14-12-18-7-2-1-3-8-18/h1-5,7-8,10-11,19H,6,9,12-17H2,(H,25,26). The number of benzene rings is 2. The monoisotopic (exact) mass is 365 g/mol. The number of aryl methyl sites for hydroxylation is 2. The Morgan fingerprint density at radius 3 is 2.52 bits per heavy atom. The molecule has 1 N–H and O–H groups in total. The summed E-state index contributed by atoms with van der Waals surface area (Å²) in [6.45, 7) is 1.43. The smallest absolute Gasteiger partial charge is 0.303 e. The van der Waals surface area contributed by atoms with Crippen molar-refractivity contribution >= 4 is 11.9 Å². The van der Waals surface area contributed by atoms with E-state index < -0.39 is 5.97 Å². The van der Waals surface area contributed by atoms with Gasteiger partial charge in [-0.25, -0.2) is 0 Å². The van der Waals surface area contributed by atoms with Gasteiger partial charge in [0.1, 0.15) is 0 Å². The number of carboxylic acid groups (broad SMARTS) is 1. The Morgan fingerprint density at radius 2 is 1.74 bits per heavy atom. The maximum atomic E-state index is 13.1. The number of likely N-dealkylation sites (tertiary alicyclic amines) is 1. The highest BCUT2D eigenvalue weighted by Gasteiger charge is 2.25. The van der Waals surface area contributed by atoms with Crippen LogP contribution < -0.4 is 0 Å². The Morgan fingerprint density at radius 1 is 1.00 bits per heavy atom. The van der Waals surface area contributed by atoms with Crippen LogP contribution in [0.1, 0.15) is 47.2 Å². The number of hydrogen-bond donors (Lipinski definition) is 1. The third-order valence-electron chi connectivity index (χ3n) is 5.35. The highest BCUT2D eigenvalue weighted by molar-refractivity contribution is 5.95. The van der Waals surface area contributed by atoms with Gasteiger partial charge in [-0.1, -0.05) is 48.5 Å². The number of amides is 1. The van der Waals surface area contributed by atoms with Crippen molar-refractivity contribution in [2.75, 3.05) is 13.1 Å². The van der Waals surface area contributed by atoms with Crippen molar-refractivity contribution in [1.82, 2.24) is 4.90 Å². The number of nitrogens with zero attached hydrogens (tertiary/aromatic N) is 1. The van der Waals surface area contributed by atoms with E-state index in [1.54, 1.807) is 0 Å². The first-order valence-electron chi connectivity index (χ1n) is 9.76. The van der Waals surface area contributed by atoms with Crippen LogP contribution >= 0.6 is 0 Å². The first-order chi connectivity index (χ1) is 13.1. The zero-order chi connectivity index (χ0) is 19.1. The molecule has 3 rings (SSSR count). The topological polar surface area (TPSA) is 57.6 Å². The van der Waals surface area contributed by atoms with Gasteiger partial charge in [0, 0.05) is 25.1 Å². The van der Waals surface area contributed by atoms with E-state index in [9.17, 15) is 9.59 Å². The molecule has 0 aromatic heterocycles. The Hall–Kier alpha value is -2.62. The summed E-state index contributed by atoms with van der Waals surface area (Å²) >= 11 is 0. The van der Waals surface area contributed by atoms with Crippen molar-refractivity contribution in [3.8, 4) is 0 Å². The summed E-state index contributed by atoms with van der Waals surface area (Å²) in [6, 6.07) is 18.2. The molecule has 1 amide bonds. The van der Waals surface area contributed by atoms with Crippen molar-refractivity contribution in [2.45, 2.75) is 38.5 Å². The van der Waals surface area contributed by atoms with Crippen molar-refractivity contribution in [1.29, 1.82) is 0 Å². The second-order valence-corrected chi connectivity index (χ2v) is 7.33. The van der Waals surface area contributed by atoms with E-state index in [4.69, 9.17) is 5.11 Å². The van der Waals surface area contributed by atoms with E-state index in [1.165, 1.54) is 5.56 Å². The average molecular weight is 365 g/mol. The largest absolute Gasteiger partial charge is 0.481 e. The fraction of sp³-hybridized carbons (Fsp3) is 0.391. The molecule has 0 saturated carbocycles. The Labute approximate surface area is 160 Å². The van der Waals surface area contributed by atoms with E-state index in [2.05, 4.69) is 12.1 Å². The predicted molar refractivity (Wildman–Crippen MR) is 106 cm³/mol. The summed E-state index contributed by atoms with van der Waals surface area (Å²) in [6.07, 6.45) is 4.53. The van der Waals surface area contributed by atoms with Crippen LogP contribution in [0.15, 0.2) is 54.6 Å². The molecule has 4 nitrogen and oxygen atoms in total. The van der Waals surface area contributed by atoms with E-state index in [0.29, 0.717) is 13.0 Å². The molecule has 0 aliphatic carbocycles. The number of piperidine rings is 1. The second kappa shape index (κ2) is 9.36. The molecule has 1 unspecified atom stereocenters. The highest BCUT2D eigenvalue weighted by Crippen LogP contribution is 2.24. The van der Waals surface area contributed by atoms with Crippen molar-refractivity contribution in [3.63, 3.8) is 0 Å². The van der Waals surface area contributed by atoms with Gasteiger partial charge in [-0.2, -0.15) is 0 Å². The van der Waals surface area contributed by atoms with Crippen LogP contribution in [0.2, 0.25) is 0 Å². The summed E-state index contributed by atoms with van der Waals surface area (Å²) in [4.78, 5) is 25.9. The lowest BCUT2D eigenvalue weighted by Gasteiger charge is -2.33. The Kier molecular flexibility index (Phi) is 6.64. The first-order valence-corrected chi connectivity index (χ1v) is 9.76. The van der Waals surface area contributed by atoms with E-state index in [1.807, 2.05) is 47.4 Å². The SMILES string of the molecule is O=C(O)CCC1CCCN(C(=O)c2ccccc2CCc2ccccc2)C1. The highest BCUT2D eigenvalue weighted by atomic mass is 16.4. The molecule has 2 aromatic carbocycles. The molecular weight excluding hydrogens is 338 g/mol. The van der Waals surface area contributed by atoms with Crippen LogP contribution in [0.25, 0.3) is 0 Å². The quantitative estimate of drug-likeness (QED) is 0.800. The number of rotatable bonds is 7. The van der Waals surface area contributed by atoms with Crippen LogP contribution in [-0.4, -0.2) is 35.0 Å². The lowest BCUT2D eigenvalue weighted by Crippen LogP contribution is -2.40. The second-order valence-electron chi connectivity index (χ2n) is 7.33. The Balaban J connectivity index is 1.66. The van der Waals surface area contributed by atoms with Crippen molar-refractivity contribution in [2.24, 2.45) is 5.92 Å². The van der Waals surface area contributed by atoms with Crippen LogP contribution in [0.3, 0.4) is 0 Å². The summed E-state index contributed by atoms with van der Waals surface area (Å²) in [5, 5.41) is 8.91. The van der Waals surface area contributed by atoms with Gasteiger partial charge >= 0.3 is 5.97 Å². The average Bonchev–Trinajstić information content (AvgIpc) is 2.71. The molecule has 1 heterocycles. The molecular formula is C23H27NO3. The van der Waals surface area contributed by atoms with Gasteiger partial charge in [-0.3, -0.25) is 9.59 Å². The maximum Gasteiger partial charge on any atom is 0.303 e. The van der Waals surface area contributed by atoms with Crippen LogP contribution in [-0.2, 0) is 17.6 Å². The Bertz CT molecular complexity index is 772. The lowest BCUT2D eigenvalue weighted by atomic mass is 9.92. The number of carboxylic acids is 1. The fourth-order valence-electron chi connectivity index (χ4n) is 3.85. The van der Waals surface area contributed by atoms with Crippen LogP contribution in [0.5, 0.6) is 0 Å². The summed E-state index contributed by atoms with van der Waals surface area (Å²) in [5.41, 5.74) is 3.14. The minimum Gasteiger partial charge on any atom is -0.481 e. The first kappa shape index (κ1) is 19.2. The minimum atomic E-state index is -0.760.